The molecular weight excluding hydrogens is 236 g/mol. The summed E-state index contributed by atoms with van der Waals surface area (Å²) in [5.74, 6) is -0.746. The lowest BCUT2D eigenvalue weighted by molar-refractivity contribution is -0.137. The Balaban J connectivity index is 1.98. The van der Waals surface area contributed by atoms with Crippen molar-refractivity contribution in [1.82, 2.24) is 9.55 Å². The van der Waals surface area contributed by atoms with Crippen LogP contribution in [0, 0.1) is 0 Å². The fourth-order valence-corrected chi connectivity index (χ4v) is 2.45. The topological polar surface area (TPSA) is 55.1 Å². The van der Waals surface area contributed by atoms with Gasteiger partial charge in [-0.2, -0.15) is 0 Å². The van der Waals surface area contributed by atoms with Crippen molar-refractivity contribution in [3.63, 3.8) is 0 Å². The number of hydrogen-bond acceptors (Lipinski definition) is 3. The molecule has 5 heteroatoms. The minimum atomic E-state index is -0.746. The minimum Gasteiger partial charge on any atom is -0.481 e. The van der Waals surface area contributed by atoms with Gasteiger partial charge in [0.1, 0.15) is 0 Å². The van der Waals surface area contributed by atoms with E-state index < -0.39 is 5.97 Å². The van der Waals surface area contributed by atoms with E-state index >= 15 is 0 Å². The second kappa shape index (κ2) is 5.14. The second-order valence-corrected chi connectivity index (χ2v) is 4.88. The third kappa shape index (κ3) is 3.17. The number of thiazole rings is 1. The Morgan fingerprint density at radius 1 is 1.59 bits per heavy atom. The van der Waals surface area contributed by atoms with E-state index in [2.05, 4.69) is 4.98 Å². The molecule has 0 spiro atoms. The average Bonchev–Trinajstić information content (AvgIpc) is 2.86. The summed E-state index contributed by atoms with van der Waals surface area (Å²) in [6.07, 6.45) is 5.61. The molecule has 0 radical (unpaired) electrons. The van der Waals surface area contributed by atoms with Crippen molar-refractivity contribution < 1.29 is 9.90 Å². The Kier molecular flexibility index (Phi) is 3.58. The molecule has 2 heterocycles. The molecule has 0 saturated heterocycles. The Labute approximate surface area is 104 Å². The monoisotopic (exact) mass is 250 g/mol. The molecular formula is C12H14N2O2S. The molecule has 0 bridgehead atoms. The SMILES string of the molecule is Cn1ccc(-c2csc(CCCC(=O)O)n2)c1. The number of hydrogen-bond donors (Lipinski definition) is 1. The molecule has 2 aromatic heterocycles. The van der Waals surface area contributed by atoms with E-state index in [1.54, 1.807) is 11.3 Å². The van der Waals surface area contributed by atoms with Gasteiger partial charge in [0.05, 0.1) is 10.7 Å². The zero-order valence-corrected chi connectivity index (χ0v) is 10.4. The zero-order valence-electron chi connectivity index (χ0n) is 9.59. The first-order valence-electron chi connectivity index (χ1n) is 5.43. The highest BCUT2D eigenvalue weighted by Gasteiger charge is 2.06. The Morgan fingerprint density at radius 3 is 3.06 bits per heavy atom. The van der Waals surface area contributed by atoms with Crippen molar-refractivity contribution in [3.05, 3.63) is 28.8 Å². The third-order valence-electron chi connectivity index (χ3n) is 2.46. The van der Waals surface area contributed by atoms with Crippen LogP contribution in [0.3, 0.4) is 0 Å². The number of aromatic nitrogens is 2. The largest absolute Gasteiger partial charge is 0.481 e. The second-order valence-electron chi connectivity index (χ2n) is 3.94. The molecule has 90 valence electrons. The highest BCUT2D eigenvalue weighted by atomic mass is 32.1. The van der Waals surface area contributed by atoms with E-state index in [0.717, 1.165) is 22.7 Å². The summed E-state index contributed by atoms with van der Waals surface area (Å²) in [6, 6.07) is 2.02. The van der Waals surface area contributed by atoms with Crippen LogP contribution in [0.5, 0.6) is 0 Å². The maximum atomic E-state index is 10.4. The number of carbonyl (C=O) groups is 1. The van der Waals surface area contributed by atoms with Gasteiger partial charge in [-0.15, -0.1) is 11.3 Å². The van der Waals surface area contributed by atoms with E-state index in [4.69, 9.17) is 5.11 Å². The van der Waals surface area contributed by atoms with Gasteiger partial charge < -0.3 is 9.67 Å². The van der Waals surface area contributed by atoms with E-state index in [0.29, 0.717) is 6.42 Å². The van der Waals surface area contributed by atoms with E-state index in [-0.39, 0.29) is 6.42 Å². The van der Waals surface area contributed by atoms with Crippen LogP contribution in [0.25, 0.3) is 11.3 Å². The van der Waals surface area contributed by atoms with Gasteiger partial charge in [0.25, 0.3) is 0 Å². The zero-order chi connectivity index (χ0) is 12.3. The first-order chi connectivity index (χ1) is 8.15. The Hall–Kier alpha value is -1.62. The predicted molar refractivity (Wildman–Crippen MR) is 67.1 cm³/mol. The predicted octanol–water partition coefficient (Wildman–Crippen LogP) is 2.56. The van der Waals surface area contributed by atoms with Gasteiger partial charge in [0.2, 0.25) is 0 Å². The molecule has 1 N–H and O–H groups in total. The van der Waals surface area contributed by atoms with Crippen molar-refractivity contribution in [2.45, 2.75) is 19.3 Å². The summed E-state index contributed by atoms with van der Waals surface area (Å²) in [7, 11) is 1.98. The molecule has 2 rings (SSSR count). The third-order valence-corrected chi connectivity index (χ3v) is 3.37. The van der Waals surface area contributed by atoms with Gasteiger partial charge in [0.15, 0.2) is 0 Å². The summed E-state index contributed by atoms with van der Waals surface area (Å²) in [5, 5.41) is 11.6. The highest BCUT2D eigenvalue weighted by Crippen LogP contribution is 2.22. The lowest BCUT2D eigenvalue weighted by atomic mass is 10.2. The number of aryl methyl sites for hydroxylation is 2. The normalized spacial score (nSPS) is 10.6. The molecule has 0 aliphatic heterocycles. The molecule has 2 aromatic rings. The molecule has 4 nitrogen and oxygen atoms in total. The maximum Gasteiger partial charge on any atom is 0.303 e. The molecule has 0 unspecified atom stereocenters. The molecule has 0 aromatic carbocycles. The van der Waals surface area contributed by atoms with Crippen molar-refractivity contribution in [2.75, 3.05) is 0 Å². The van der Waals surface area contributed by atoms with E-state index in [1.165, 1.54) is 0 Å². The maximum absolute atomic E-state index is 10.4. The summed E-state index contributed by atoms with van der Waals surface area (Å²) in [6.45, 7) is 0. The molecule has 0 aliphatic carbocycles. The van der Waals surface area contributed by atoms with Crippen molar-refractivity contribution >= 4 is 17.3 Å². The van der Waals surface area contributed by atoms with Crippen LogP contribution in [-0.2, 0) is 18.3 Å². The molecule has 0 fully saturated rings. The minimum absolute atomic E-state index is 0.209. The van der Waals surface area contributed by atoms with E-state index in [1.807, 2.05) is 35.5 Å². The van der Waals surface area contributed by atoms with Crippen LogP contribution in [0.1, 0.15) is 17.8 Å². The molecule has 0 aliphatic rings. The van der Waals surface area contributed by atoms with Crippen LogP contribution in [0.15, 0.2) is 23.8 Å². The van der Waals surface area contributed by atoms with Gasteiger partial charge in [-0.1, -0.05) is 0 Å². The molecule has 0 amide bonds. The summed E-state index contributed by atoms with van der Waals surface area (Å²) >= 11 is 1.59. The highest BCUT2D eigenvalue weighted by molar-refractivity contribution is 7.09. The lowest BCUT2D eigenvalue weighted by Crippen LogP contribution is -1.95. The van der Waals surface area contributed by atoms with Crippen molar-refractivity contribution in [1.29, 1.82) is 0 Å². The first kappa shape index (κ1) is 11.9. The lowest BCUT2D eigenvalue weighted by Gasteiger charge is -1.93. The number of carboxylic acids is 1. The van der Waals surface area contributed by atoms with Crippen LogP contribution >= 0.6 is 11.3 Å². The van der Waals surface area contributed by atoms with E-state index in [9.17, 15) is 4.79 Å². The van der Waals surface area contributed by atoms with Gasteiger partial charge >= 0.3 is 5.97 Å². The fraction of sp³-hybridized carbons (Fsp3) is 0.333. The molecule has 0 atom stereocenters. The van der Waals surface area contributed by atoms with Crippen molar-refractivity contribution in [2.24, 2.45) is 7.05 Å². The first-order valence-corrected chi connectivity index (χ1v) is 6.31. The molecule has 17 heavy (non-hydrogen) atoms. The van der Waals surface area contributed by atoms with Gasteiger partial charge in [-0.05, 0) is 18.9 Å². The van der Waals surface area contributed by atoms with Crippen LogP contribution in [0.2, 0.25) is 0 Å². The fourth-order valence-electron chi connectivity index (χ4n) is 1.60. The summed E-state index contributed by atoms with van der Waals surface area (Å²) < 4.78 is 1.98. The number of rotatable bonds is 5. The summed E-state index contributed by atoms with van der Waals surface area (Å²) in [5.41, 5.74) is 2.08. The Morgan fingerprint density at radius 2 is 2.41 bits per heavy atom. The standard InChI is InChI=1S/C12H14N2O2S/c1-14-6-5-9(7-14)10-8-17-11(13-10)3-2-4-12(15)16/h5-8H,2-4H2,1H3,(H,15,16). The van der Waals surface area contributed by atoms with Crippen molar-refractivity contribution in [3.8, 4) is 11.3 Å². The smallest absolute Gasteiger partial charge is 0.303 e. The van der Waals surface area contributed by atoms with Crippen LogP contribution in [-0.4, -0.2) is 20.6 Å². The molecule has 0 saturated carbocycles. The quantitative estimate of drug-likeness (QED) is 0.887. The van der Waals surface area contributed by atoms with Gasteiger partial charge in [-0.25, -0.2) is 4.98 Å². The average molecular weight is 250 g/mol. The van der Waals surface area contributed by atoms with Crippen LogP contribution in [0.4, 0.5) is 0 Å². The van der Waals surface area contributed by atoms with Gasteiger partial charge in [0, 0.05) is 36.8 Å². The number of nitrogens with zero attached hydrogens (tertiary/aromatic N) is 2. The Bertz CT molecular complexity index is 516. The van der Waals surface area contributed by atoms with Crippen LogP contribution < -0.4 is 0 Å². The summed E-state index contributed by atoms with van der Waals surface area (Å²) in [4.78, 5) is 14.9. The number of carboxylic acid groups (broad SMARTS) is 1. The number of aliphatic carboxylic acids is 1. The van der Waals surface area contributed by atoms with Gasteiger partial charge in [-0.3, -0.25) is 4.79 Å².